The molecule has 2 aliphatic rings. The van der Waals surface area contributed by atoms with Gasteiger partial charge in [-0.05, 0) is 32.8 Å². The van der Waals surface area contributed by atoms with Gasteiger partial charge in [-0.15, -0.1) is 5.10 Å². The van der Waals surface area contributed by atoms with E-state index < -0.39 is 0 Å². The molecular formula is C22H28N4O3. The molecule has 1 aliphatic heterocycles. The first-order valence-corrected chi connectivity index (χ1v) is 10.2. The van der Waals surface area contributed by atoms with Crippen LogP contribution >= 0.6 is 0 Å². The molecule has 0 radical (unpaired) electrons. The Bertz CT molecular complexity index is 912. The average Bonchev–Trinajstić information content (AvgIpc) is 3.39. The van der Waals surface area contributed by atoms with E-state index in [9.17, 15) is 0 Å². The number of hydrogen-bond donors (Lipinski definition) is 0. The minimum Gasteiger partial charge on any atom is -0.489 e. The van der Waals surface area contributed by atoms with Gasteiger partial charge < -0.3 is 14.2 Å². The Labute approximate surface area is 171 Å². The van der Waals surface area contributed by atoms with Gasteiger partial charge in [0, 0.05) is 23.1 Å². The summed E-state index contributed by atoms with van der Waals surface area (Å²) in [5.41, 5.74) is 2.21. The number of pyridine rings is 1. The van der Waals surface area contributed by atoms with Crippen LogP contribution in [0.15, 0.2) is 18.5 Å². The normalized spacial score (nSPS) is 19.1. The topological polar surface area (TPSA) is 71.3 Å². The van der Waals surface area contributed by atoms with Crippen LogP contribution in [-0.4, -0.2) is 45.6 Å². The molecule has 0 amide bonds. The van der Waals surface area contributed by atoms with E-state index in [2.05, 4.69) is 41.0 Å². The maximum atomic E-state index is 5.99. The van der Waals surface area contributed by atoms with Crippen LogP contribution < -0.4 is 4.74 Å². The van der Waals surface area contributed by atoms with Crippen molar-refractivity contribution in [3.8, 4) is 29.0 Å². The lowest BCUT2D eigenvalue weighted by Crippen LogP contribution is -2.39. The summed E-state index contributed by atoms with van der Waals surface area (Å²) < 4.78 is 19.3. The minimum absolute atomic E-state index is 0.0182. The summed E-state index contributed by atoms with van der Waals surface area (Å²) in [4.78, 5) is 4.57. The van der Waals surface area contributed by atoms with Crippen LogP contribution in [0, 0.1) is 23.2 Å². The van der Waals surface area contributed by atoms with E-state index in [1.165, 1.54) is 12.8 Å². The van der Waals surface area contributed by atoms with Gasteiger partial charge in [-0.25, -0.2) is 9.67 Å². The van der Waals surface area contributed by atoms with Crippen molar-refractivity contribution >= 4 is 0 Å². The predicted molar refractivity (Wildman–Crippen MR) is 108 cm³/mol. The summed E-state index contributed by atoms with van der Waals surface area (Å²) >= 11 is 0. The van der Waals surface area contributed by atoms with Crippen LogP contribution in [0.2, 0.25) is 0 Å². The molecule has 154 valence electrons. The number of aromatic nitrogens is 4. The highest BCUT2D eigenvalue weighted by atomic mass is 16.7. The molecule has 0 N–H and O–H groups in total. The van der Waals surface area contributed by atoms with Crippen LogP contribution in [0.1, 0.15) is 46.1 Å². The third kappa shape index (κ3) is 5.34. The minimum atomic E-state index is -0.322. The first-order chi connectivity index (χ1) is 13.9. The molecule has 0 atom stereocenters. The summed E-state index contributed by atoms with van der Waals surface area (Å²) in [6.07, 6.45) is 5.71. The second-order valence-corrected chi connectivity index (χ2v) is 8.82. The van der Waals surface area contributed by atoms with E-state index in [0.29, 0.717) is 42.8 Å². The largest absolute Gasteiger partial charge is 0.489 e. The molecular weight excluding hydrogens is 368 g/mol. The maximum Gasteiger partial charge on any atom is 0.177 e. The standard InChI is InChI=1S/C22H28N4O3/c1-15(2)29-19-9-17(8-7-16-5-6-16)10-23-21(19)18-11-26(25-24-18)12-20-27-13-22(3,4)14-28-20/h9-11,15-16,20H,5-6,12-14H2,1-4H3. The maximum absolute atomic E-state index is 5.99. The fourth-order valence-electron chi connectivity index (χ4n) is 2.94. The highest BCUT2D eigenvalue weighted by Crippen LogP contribution is 2.30. The molecule has 2 aromatic rings. The predicted octanol–water partition coefficient (Wildman–Crippen LogP) is 3.29. The van der Waals surface area contributed by atoms with Crippen molar-refractivity contribution in [1.82, 2.24) is 20.0 Å². The molecule has 1 saturated carbocycles. The number of nitrogens with zero attached hydrogens (tertiary/aromatic N) is 4. The van der Waals surface area contributed by atoms with Gasteiger partial charge in [0.25, 0.3) is 0 Å². The number of hydrogen-bond acceptors (Lipinski definition) is 6. The highest BCUT2D eigenvalue weighted by Gasteiger charge is 2.29. The molecule has 7 nitrogen and oxygen atoms in total. The van der Waals surface area contributed by atoms with E-state index >= 15 is 0 Å². The molecule has 2 aromatic heterocycles. The average molecular weight is 396 g/mol. The molecule has 4 rings (SSSR count). The quantitative estimate of drug-likeness (QED) is 0.723. The summed E-state index contributed by atoms with van der Waals surface area (Å²) in [5, 5.41) is 8.50. The van der Waals surface area contributed by atoms with Crippen molar-refractivity contribution in [3.63, 3.8) is 0 Å². The molecule has 7 heteroatoms. The monoisotopic (exact) mass is 396 g/mol. The summed E-state index contributed by atoms with van der Waals surface area (Å²) in [6.45, 7) is 10.0. The highest BCUT2D eigenvalue weighted by molar-refractivity contribution is 5.63. The molecule has 0 spiro atoms. The van der Waals surface area contributed by atoms with E-state index in [1.54, 1.807) is 10.9 Å². The summed E-state index contributed by atoms with van der Waals surface area (Å²) in [6, 6.07) is 1.94. The third-order valence-electron chi connectivity index (χ3n) is 4.65. The van der Waals surface area contributed by atoms with Crippen LogP contribution in [0.4, 0.5) is 0 Å². The lowest BCUT2D eigenvalue weighted by Gasteiger charge is -2.34. The lowest BCUT2D eigenvalue weighted by molar-refractivity contribution is -0.227. The zero-order valence-electron chi connectivity index (χ0n) is 17.5. The smallest absolute Gasteiger partial charge is 0.177 e. The summed E-state index contributed by atoms with van der Waals surface area (Å²) in [5.74, 6) is 7.67. The van der Waals surface area contributed by atoms with E-state index in [0.717, 1.165) is 5.56 Å². The number of ether oxygens (including phenoxy) is 3. The van der Waals surface area contributed by atoms with E-state index in [1.807, 2.05) is 26.1 Å². The first-order valence-electron chi connectivity index (χ1n) is 10.2. The Balaban J connectivity index is 1.50. The van der Waals surface area contributed by atoms with Gasteiger partial charge >= 0.3 is 0 Å². The second kappa shape index (κ2) is 8.13. The summed E-state index contributed by atoms with van der Waals surface area (Å²) in [7, 11) is 0. The second-order valence-electron chi connectivity index (χ2n) is 8.82. The Hall–Kier alpha value is -2.43. The zero-order chi connectivity index (χ0) is 20.4. The Morgan fingerprint density at radius 3 is 2.72 bits per heavy atom. The molecule has 2 fully saturated rings. The van der Waals surface area contributed by atoms with Crippen LogP contribution in [0.5, 0.6) is 5.75 Å². The Kier molecular flexibility index (Phi) is 5.57. The zero-order valence-corrected chi connectivity index (χ0v) is 17.5. The van der Waals surface area contributed by atoms with Crippen LogP contribution in [0.25, 0.3) is 11.4 Å². The van der Waals surface area contributed by atoms with Crippen molar-refractivity contribution < 1.29 is 14.2 Å². The molecule has 0 unspecified atom stereocenters. The van der Waals surface area contributed by atoms with Gasteiger partial charge in [0.2, 0.25) is 0 Å². The van der Waals surface area contributed by atoms with Gasteiger partial charge in [-0.2, -0.15) is 0 Å². The van der Waals surface area contributed by atoms with Crippen molar-refractivity contribution in [3.05, 3.63) is 24.0 Å². The molecule has 29 heavy (non-hydrogen) atoms. The fraction of sp³-hybridized carbons (Fsp3) is 0.591. The van der Waals surface area contributed by atoms with Gasteiger partial charge in [0.05, 0.1) is 32.1 Å². The lowest BCUT2D eigenvalue weighted by atomic mass is 9.96. The molecule has 3 heterocycles. The molecule has 0 aromatic carbocycles. The molecule has 1 aliphatic carbocycles. The van der Waals surface area contributed by atoms with E-state index in [-0.39, 0.29) is 17.8 Å². The van der Waals surface area contributed by atoms with Crippen molar-refractivity contribution in [2.75, 3.05) is 13.2 Å². The van der Waals surface area contributed by atoms with Crippen LogP contribution in [-0.2, 0) is 16.0 Å². The van der Waals surface area contributed by atoms with E-state index in [4.69, 9.17) is 14.2 Å². The van der Waals surface area contributed by atoms with Crippen molar-refractivity contribution in [2.24, 2.45) is 11.3 Å². The van der Waals surface area contributed by atoms with Gasteiger partial charge in [-0.3, -0.25) is 0 Å². The van der Waals surface area contributed by atoms with Crippen molar-refractivity contribution in [2.45, 2.75) is 59.5 Å². The van der Waals surface area contributed by atoms with Gasteiger partial charge in [0.15, 0.2) is 6.29 Å². The van der Waals surface area contributed by atoms with Crippen LogP contribution in [0.3, 0.4) is 0 Å². The molecule has 0 bridgehead atoms. The molecule has 1 saturated heterocycles. The third-order valence-corrected chi connectivity index (χ3v) is 4.65. The Morgan fingerprint density at radius 1 is 1.28 bits per heavy atom. The first kappa shape index (κ1) is 19.9. The van der Waals surface area contributed by atoms with Gasteiger partial charge in [0.1, 0.15) is 17.1 Å². The van der Waals surface area contributed by atoms with Crippen molar-refractivity contribution in [1.29, 1.82) is 0 Å². The van der Waals surface area contributed by atoms with Gasteiger partial charge in [-0.1, -0.05) is 30.9 Å². The fourth-order valence-corrected chi connectivity index (χ4v) is 2.94. The number of rotatable bonds is 5. The SMILES string of the molecule is CC(C)Oc1cc(C#CC2CC2)cnc1-c1cn(CC2OCC(C)(C)CO2)nn1. The Morgan fingerprint density at radius 2 is 2.03 bits per heavy atom.